The van der Waals surface area contributed by atoms with Crippen molar-refractivity contribution in [2.75, 3.05) is 5.32 Å². The molecule has 3 atom stereocenters. The van der Waals surface area contributed by atoms with Crippen molar-refractivity contribution in [3.63, 3.8) is 0 Å². The fourth-order valence-corrected chi connectivity index (χ4v) is 3.87. The maximum absolute atomic E-state index is 12.1. The summed E-state index contributed by atoms with van der Waals surface area (Å²) in [7, 11) is 0. The highest BCUT2D eigenvalue weighted by Gasteiger charge is 2.29. The number of carbonyl (C=O) groups is 1. The van der Waals surface area contributed by atoms with E-state index in [2.05, 4.69) is 20.7 Å². The van der Waals surface area contributed by atoms with Gasteiger partial charge < -0.3 is 15.7 Å². The lowest BCUT2D eigenvalue weighted by Gasteiger charge is -2.20. The van der Waals surface area contributed by atoms with E-state index in [4.69, 9.17) is 0 Å². The van der Waals surface area contributed by atoms with E-state index in [0.29, 0.717) is 5.82 Å². The van der Waals surface area contributed by atoms with Gasteiger partial charge in [-0.05, 0) is 42.5 Å². The van der Waals surface area contributed by atoms with Crippen LogP contribution in [0.2, 0.25) is 0 Å². The fourth-order valence-electron chi connectivity index (χ4n) is 3.87. The van der Waals surface area contributed by atoms with E-state index in [1.165, 1.54) is 18.3 Å². The average Bonchev–Trinajstić information content (AvgIpc) is 3.25. The number of anilines is 1. The number of aromatic nitrogens is 3. The predicted octanol–water partition coefficient (Wildman–Crippen LogP) is 1.67. The molecule has 3 N–H and O–H groups in total. The summed E-state index contributed by atoms with van der Waals surface area (Å²) < 4.78 is 1.09. The topological polar surface area (TPSA) is 109 Å². The Hall–Kier alpha value is -3.36. The van der Waals surface area contributed by atoms with Crippen molar-refractivity contribution in [3.8, 4) is 0 Å². The molecule has 8 heteroatoms. The van der Waals surface area contributed by atoms with Crippen molar-refractivity contribution in [1.29, 1.82) is 0 Å². The Morgan fingerprint density at radius 3 is 2.74 bits per heavy atom. The van der Waals surface area contributed by atoms with Crippen LogP contribution in [0.25, 0.3) is 0 Å². The second kappa shape index (κ2) is 9.63. The largest absolute Gasteiger partial charge is 0.387 e. The second-order valence-electron chi connectivity index (χ2n) is 7.73. The van der Waals surface area contributed by atoms with Crippen molar-refractivity contribution in [2.24, 2.45) is 0 Å². The van der Waals surface area contributed by atoms with Crippen molar-refractivity contribution in [3.05, 3.63) is 88.5 Å². The molecule has 31 heavy (non-hydrogen) atoms. The Bertz CT molecular complexity index is 1070. The molecule has 3 aromatic rings. The first-order valence-electron chi connectivity index (χ1n) is 10.3. The predicted molar refractivity (Wildman–Crippen MR) is 116 cm³/mol. The van der Waals surface area contributed by atoms with Gasteiger partial charge >= 0.3 is 0 Å². The standard InChI is InChI=1S/C23H25N5O3/c29-21(15-28-22(30)7-4-12-25-28)27-20-11-8-16(14-24-20)13-18-9-10-19(26-18)23(31)17-5-2-1-3-6-17/h1-8,11-12,14,18-19,23,26,31H,9-10,13,15H2,(H,24,27,29)/t18-,19+,23?/m0/s1. The van der Waals surface area contributed by atoms with E-state index in [0.717, 1.165) is 35.1 Å². The number of hydrogen-bond donors (Lipinski definition) is 3. The Kier molecular flexibility index (Phi) is 6.49. The van der Waals surface area contributed by atoms with Crippen LogP contribution in [0.15, 0.2) is 71.8 Å². The third-order valence-electron chi connectivity index (χ3n) is 5.45. The monoisotopic (exact) mass is 419 g/mol. The van der Waals surface area contributed by atoms with Crippen molar-refractivity contribution in [2.45, 2.75) is 44.0 Å². The van der Waals surface area contributed by atoms with Crippen molar-refractivity contribution in [1.82, 2.24) is 20.1 Å². The fraction of sp³-hybridized carbons (Fsp3) is 0.304. The summed E-state index contributed by atoms with van der Waals surface area (Å²) in [4.78, 5) is 28.1. The number of amides is 1. The maximum atomic E-state index is 12.1. The van der Waals surface area contributed by atoms with E-state index in [-0.39, 0.29) is 30.1 Å². The first-order valence-corrected chi connectivity index (χ1v) is 10.3. The Morgan fingerprint density at radius 2 is 2.00 bits per heavy atom. The molecule has 1 fully saturated rings. The zero-order chi connectivity index (χ0) is 21.6. The van der Waals surface area contributed by atoms with Crippen molar-refractivity contribution >= 4 is 11.7 Å². The summed E-state index contributed by atoms with van der Waals surface area (Å²) in [5.41, 5.74) is 1.64. The number of hydrogen-bond acceptors (Lipinski definition) is 6. The molecule has 1 amide bonds. The van der Waals surface area contributed by atoms with Gasteiger partial charge in [0.05, 0.1) is 6.10 Å². The smallest absolute Gasteiger partial charge is 0.267 e. The molecular weight excluding hydrogens is 394 g/mol. The summed E-state index contributed by atoms with van der Waals surface area (Å²) >= 11 is 0. The summed E-state index contributed by atoms with van der Waals surface area (Å²) in [5, 5.41) is 20.7. The first-order chi connectivity index (χ1) is 15.1. The lowest BCUT2D eigenvalue weighted by atomic mass is 10.0. The van der Waals surface area contributed by atoms with Crippen LogP contribution >= 0.6 is 0 Å². The van der Waals surface area contributed by atoms with Gasteiger partial charge in [0, 0.05) is 30.5 Å². The van der Waals surface area contributed by atoms with Gasteiger partial charge in [-0.2, -0.15) is 5.10 Å². The molecule has 0 bridgehead atoms. The summed E-state index contributed by atoms with van der Waals surface area (Å²) in [6.45, 7) is -0.166. The molecule has 2 aromatic heterocycles. The summed E-state index contributed by atoms with van der Waals surface area (Å²) in [6, 6.07) is 16.6. The molecule has 1 aliphatic heterocycles. The maximum Gasteiger partial charge on any atom is 0.267 e. The number of aliphatic hydroxyl groups excluding tert-OH is 1. The van der Waals surface area contributed by atoms with Crippen LogP contribution in [-0.4, -0.2) is 37.9 Å². The zero-order valence-corrected chi connectivity index (χ0v) is 17.0. The van der Waals surface area contributed by atoms with E-state index >= 15 is 0 Å². The molecular formula is C23H25N5O3. The Morgan fingerprint density at radius 1 is 1.16 bits per heavy atom. The summed E-state index contributed by atoms with van der Waals surface area (Å²) in [5.74, 6) is 0.0609. The highest BCUT2D eigenvalue weighted by Crippen LogP contribution is 2.26. The second-order valence-corrected chi connectivity index (χ2v) is 7.73. The quantitative estimate of drug-likeness (QED) is 0.538. The number of nitrogens with one attached hydrogen (secondary N) is 2. The highest BCUT2D eigenvalue weighted by atomic mass is 16.3. The lowest BCUT2D eigenvalue weighted by Crippen LogP contribution is -2.35. The summed E-state index contributed by atoms with van der Waals surface area (Å²) in [6.07, 6.45) is 5.37. The van der Waals surface area contributed by atoms with E-state index in [1.54, 1.807) is 12.3 Å². The number of rotatable bonds is 7. The van der Waals surface area contributed by atoms with Crippen molar-refractivity contribution < 1.29 is 9.90 Å². The average molecular weight is 419 g/mol. The third kappa shape index (κ3) is 5.42. The third-order valence-corrected chi connectivity index (χ3v) is 5.45. The number of aliphatic hydroxyl groups is 1. The minimum absolute atomic E-state index is 0.0360. The molecule has 3 heterocycles. The minimum atomic E-state index is -0.520. The van der Waals surface area contributed by atoms with Crippen LogP contribution in [0.1, 0.15) is 30.1 Å². The normalized spacial score (nSPS) is 19.1. The van der Waals surface area contributed by atoms with Crippen LogP contribution in [0.4, 0.5) is 5.82 Å². The van der Waals surface area contributed by atoms with Crippen LogP contribution in [0.5, 0.6) is 0 Å². The first kappa shape index (κ1) is 20.9. The Balaban J connectivity index is 1.28. The van der Waals surface area contributed by atoms with Crippen LogP contribution in [-0.2, 0) is 17.8 Å². The number of nitrogens with zero attached hydrogens (tertiary/aromatic N) is 3. The van der Waals surface area contributed by atoms with Gasteiger partial charge in [-0.1, -0.05) is 36.4 Å². The van der Waals surface area contributed by atoms with Gasteiger partial charge in [0.15, 0.2) is 0 Å². The van der Waals surface area contributed by atoms with E-state index < -0.39 is 6.10 Å². The highest BCUT2D eigenvalue weighted by molar-refractivity contribution is 5.89. The van der Waals surface area contributed by atoms with Crippen LogP contribution in [0.3, 0.4) is 0 Å². The van der Waals surface area contributed by atoms with E-state index in [9.17, 15) is 14.7 Å². The van der Waals surface area contributed by atoms with Gasteiger partial charge in [-0.3, -0.25) is 9.59 Å². The lowest BCUT2D eigenvalue weighted by molar-refractivity contribution is -0.117. The molecule has 1 saturated heterocycles. The molecule has 8 nitrogen and oxygen atoms in total. The molecule has 1 aliphatic rings. The molecule has 0 aliphatic carbocycles. The van der Waals surface area contributed by atoms with Crippen LogP contribution < -0.4 is 16.2 Å². The van der Waals surface area contributed by atoms with Gasteiger partial charge in [0.25, 0.3) is 5.56 Å². The number of carbonyl (C=O) groups excluding carboxylic acids is 1. The van der Waals surface area contributed by atoms with Gasteiger partial charge in [-0.25, -0.2) is 9.67 Å². The van der Waals surface area contributed by atoms with Gasteiger partial charge in [0.2, 0.25) is 5.91 Å². The number of pyridine rings is 1. The SMILES string of the molecule is O=C(Cn1ncccc1=O)Nc1ccc(C[C@@H]2CC[C@H](C(O)c3ccccc3)N2)cn1. The zero-order valence-electron chi connectivity index (χ0n) is 17.0. The molecule has 1 unspecified atom stereocenters. The minimum Gasteiger partial charge on any atom is -0.387 e. The molecule has 1 aromatic carbocycles. The van der Waals surface area contributed by atoms with Gasteiger partial charge in [0.1, 0.15) is 12.4 Å². The van der Waals surface area contributed by atoms with Gasteiger partial charge in [-0.15, -0.1) is 0 Å². The number of benzene rings is 1. The van der Waals surface area contributed by atoms with E-state index in [1.807, 2.05) is 36.4 Å². The molecule has 0 radical (unpaired) electrons. The molecule has 4 rings (SSSR count). The Labute approximate surface area is 180 Å². The molecule has 0 saturated carbocycles. The molecule has 0 spiro atoms. The molecule has 160 valence electrons. The van der Waals surface area contributed by atoms with Crippen LogP contribution in [0, 0.1) is 0 Å².